The third kappa shape index (κ3) is 6.49. The van der Waals surface area contributed by atoms with E-state index in [2.05, 4.69) is 18.0 Å². The highest BCUT2D eigenvalue weighted by Crippen LogP contribution is 2.45. The fourth-order valence-electron chi connectivity index (χ4n) is 7.18. The molecule has 1 aliphatic rings. The van der Waals surface area contributed by atoms with Crippen molar-refractivity contribution in [3.63, 3.8) is 0 Å². The maximum absolute atomic E-state index is 13.0. The Morgan fingerprint density at radius 2 is 1.38 bits per heavy atom. The molecule has 3 aromatic heterocycles. The Labute approximate surface area is 336 Å². The van der Waals surface area contributed by atoms with E-state index in [1.54, 1.807) is 60.7 Å². The molecule has 4 N–H and O–H groups in total. The van der Waals surface area contributed by atoms with E-state index in [0.717, 1.165) is 39.8 Å². The van der Waals surface area contributed by atoms with Crippen molar-refractivity contribution in [1.82, 2.24) is 0 Å². The number of carboxylic acids is 2. The summed E-state index contributed by atoms with van der Waals surface area (Å²) in [5.41, 5.74) is 4.94. The van der Waals surface area contributed by atoms with Gasteiger partial charge in [0.25, 0.3) is 15.6 Å². The molecule has 1 aliphatic heterocycles. The number of para-hydroxylation sites is 2. The molecule has 0 spiro atoms. The lowest BCUT2D eigenvalue weighted by molar-refractivity contribution is -0.553. The highest BCUT2D eigenvalue weighted by molar-refractivity contribution is 7.94. The summed E-state index contributed by atoms with van der Waals surface area (Å²) in [6.45, 7) is 3.40. The number of furan rings is 2. The molecule has 0 fully saturated rings. The van der Waals surface area contributed by atoms with Crippen LogP contribution >= 0.6 is 0 Å². The first-order valence-electron chi connectivity index (χ1n) is 17.4. The van der Waals surface area contributed by atoms with Gasteiger partial charge in [-0.3, -0.25) is 14.0 Å². The van der Waals surface area contributed by atoms with Crippen molar-refractivity contribution in [3.05, 3.63) is 144 Å². The quantitative estimate of drug-likeness (QED) is 0.0619. The van der Waals surface area contributed by atoms with Crippen LogP contribution in [0.15, 0.2) is 134 Å². The van der Waals surface area contributed by atoms with Crippen LogP contribution in [0.3, 0.4) is 0 Å². The van der Waals surface area contributed by atoms with Gasteiger partial charge in [0.05, 0.1) is 29.0 Å². The van der Waals surface area contributed by atoms with Gasteiger partial charge < -0.3 is 28.2 Å². The van der Waals surface area contributed by atoms with Gasteiger partial charge in [0.1, 0.15) is 22.3 Å². The van der Waals surface area contributed by atoms with E-state index < -0.39 is 54.5 Å². The smallest absolute Gasteiger partial charge is 0.385 e. The highest BCUT2D eigenvalue weighted by Gasteiger charge is 2.37. The van der Waals surface area contributed by atoms with Crippen molar-refractivity contribution in [3.8, 4) is 5.75 Å². The monoisotopic (exact) mass is 845 g/mol. The van der Waals surface area contributed by atoms with Gasteiger partial charge in [-0.25, -0.2) is 9.59 Å². The number of rotatable bonds is 9. The minimum Gasteiger partial charge on any atom is -0.478 e. The van der Waals surface area contributed by atoms with Gasteiger partial charge >= 0.3 is 33.0 Å². The average molecular weight is 846 g/mol. The van der Waals surface area contributed by atoms with Crippen LogP contribution in [0.1, 0.15) is 32.2 Å². The molecule has 0 aliphatic carbocycles. The minimum atomic E-state index is -5.18. The van der Waals surface area contributed by atoms with Crippen molar-refractivity contribution >= 4 is 110 Å². The highest BCUT2D eigenvalue weighted by atomic mass is 32.2. The van der Waals surface area contributed by atoms with Crippen molar-refractivity contribution in [2.24, 2.45) is 0 Å². The zero-order chi connectivity index (χ0) is 42.2. The number of aromatic carboxylic acids is 2. The molecule has 298 valence electrons. The zero-order valence-electron chi connectivity index (χ0n) is 30.3. The summed E-state index contributed by atoms with van der Waals surface area (Å²) in [6.07, 6.45) is 2.27. The van der Waals surface area contributed by atoms with Gasteiger partial charge in [-0.1, -0.05) is 46.7 Å². The standard InChI is InChI=1S/C42H24N2O14S2/c1-2-7-40(60(52,53)54)44-31-20-35-29(25-9-4-6-11-33(25)56-35)18-37(31)58-39(44)16-23(27-14-22(41(45)46)12-13-26(27)42(47)48)15-38-43(21-59(49,50)51)30-19-34-28(17-36(30)57-38)24-8-3-5-10-32(24)55-34/h3-6,8-20H,1,21H2,(H3-,45,46,47,48,49,50,51,52,53,54)/p+1. The predicted octanol–water partition coefficient (Wildman–Crippen LogP) is 7.67. The van der Waals surface area contributed by atoms with Gasteiger partial charge in [0, 0.05) is 39.4 Å². The van der Waals surface area contributed by atoms with Crippen LogP contribution in [-0.4, -0.2) is 54.0 Å². The number of oxazole rings is 1. The second kappa shape index (κ2) is 13.7. The lowest BCUT2D eigenvalue weighted by Crippen LogP contribution is -2.37. The summed E-state index contributed by atoms with van der Waals surface area (Å²) < 4.78 is 97.0. The van der Waals surface area contributed by atoms with E-state index in [-0.39, 0.29) is 50.7 Å². The van der Waals surface area contributed by atoms with Gasteiger partial charge in [0.2, 0.25) is 11.5 Å². The number of carbonyl (C=O) groups is 2. The van der Waals surface area contributed by atoms with Crippen LogP contribution in [0.2, 0.25) is 0 Å². The molecule has 4 heterocycles. The lowest BCUT2D eigenvalue weighted by Gasteiger charge is -2.17. The van der Waals surface area contributed by atoms with Crippen molar-refractivity contribution in [2.45, 2.75) is 0 Å². The number of anilines is 1. The minimum absolute atomic E-state index is 0.000229. The molecule has 8 aromatic rings. The van der Waals surface area contributed by atoms with Crippen LogP contribution in [0.4, 0.5) is 5.69 Å². The third-order valence-corrected chi connectivity index (χ3v) is 11.0. The zero-order valence-corrected chi connectivity index (χ0v) is 31.9. The molecule has 0 saturated heterocycles. The number of ether oxygens (including phenoxy) is 1. The van der Waals surface area contributed by atoms with Crippen LogP contribution in [-0.2, 0) is 20.2 Å². The van der Waals surface area contributed by atoms with Crippen molar-refractivity contribution in [1.29, 1.82) is 0 Å². The Bertz CT molecular complexity index is 3610. The molecule has 0 amide bonds. The third-order valence-electron chi connectivity index (χ3n) is 9.66. The molecule has 0 bridgehead atoms. The van der Waals surface area contributed by atoms with Gasteiger partial charge in [-0.05, 0) is 60.2 Å². The molecule has 18 heteroatoms. The largest absolute Gasteiger partial charge is 0.478 e. The first-order chi connectivity index (χ1) is 28.6. The number of carboxylic acid groups (broad SMARTS) is 2. The van der Waals surface area contributed by atoms with E-state index >= 15 is 0 Å². The van der Waals surface area contributed by atoms with Crippen LogP contribution in [0.25, 0.3) is 71.7 Å². The van der Waals surface area contributed by atoms with Crippen LogP contribution in [0, 0.1) is 0 Å². The summed E-state index contributed by atoms with van der Waals surface area (Å²) in [4.78, 5) is 26.1. The number of benzene rings is 5. The Morgan fingerprint density at radius 1 is 0.733 bits per heavy atom. The van der Waals surface area contributed by atoms with Gasteiger partial charge in [0.15, 0.2) is 11.6 Å². The van der Waals surface area contributed by atoms with Gasteiger partial charge in [-0.2, -0.15) is 16.8 Å². The Kier molecular flexibility index (Phi) is 8.65. The number of hydrogen-bond acceptors (Lipinski definition) is 11. The Morgan fingerprint density at radius 3 is 2.00 bits per heavy atom. The normalized spacial score (nSPS) is 13.9. The molecule has 0 saturated carbocycles. The van der Waals surface area contributed by atoms with Gasteiger partial charge in [-0.15, -0.1) is 0 Å². The average Bonchev–Trinajstić information content (AvgIpc) is 3.93. The fourth-order valence-corrected chi connectivity index (χ4v) is 8.39. The first-order valence-corrected chi connectivity index (χ1v) is 20.5. The summed E-state index contributed by atoms with van der Waals surface area (Å²) in [5.74, 6) is -4.66. The number of hydrogen-bond donors (Lipinski definition) is 4. The van der Waals surface area contributed by atoms with E-state index in [1.165, 1.54) is 12.1 Å². The SMILES string of the molecule is C=C=C=C([n+]1c(C=C(C=C2Oc3cc4c(cc3N2CS(=O)(=O)O)oc2ccccc24)c2cc(C(=O)O)ccc2C(=O)O)oc2cc3c(cc21)oc1ccccc13)S(=O)(=O)O. The molecule has 0 atom stereocenters. The molecule has 16 nitrogen and oxygen atoms in total. The Hall–Kier alpha value is -7.69. The molecule has 0 unspecified atom stereocenters. The maximum Gasteiger partial charge on any atom is 0.385 e. The van der Waals surface area contributed by atoms with E-state index in [0.29, 0.717) is 38.3 Å². The number of fused-ring (bicyclic) bond motifs is 8. The van der Waals surface area contributed by atoms with E-state index in [1.807, 2.05) is 0 Å². The van der Waals surface area contributed by atoms with Crippen molar-refractivity contribution in [2.75, 3.05) is 10.8 Å². The number of allylic oxidation sites excluding steroid dienone is 2. The van der Waals surface area contributed by atoms with Crippen LogP contribution in [0.5, 0.6) is 5.75 Å². The number of nitrogens with zero attached hydrogens (tertiary/aromatic N) is 2. The van der Waals surface area contributed by atoms with E-state index in [4.69, 9.17) is 18.0 Å². The summed E-state index contributed by atoms with van der Waals surface area (Å²) in [6, 6.07) is 23.4. The van der Waals surface area contributed by atoms with Crippen LogP contribution < -0.4 is 14.2 Å². The molecule has 60 heavy (non-hydrogen) atoms. The fraction of sp³-hybridized carbons (Fsp3) is 0.0238. The maximum atomic E-state index is 13.0. The molecular weight excluding hydrogens is 821 g/mol. The lowest BCUT2D eigenvalue weighted by atomic mass is 9.96. The molecule has 0 radical (unpaired) electrons. The van der Waals surface area contributed by atoms with Crippen molar-refractivity contribution < 1.29 is 68.3 Å². The summed E-state index contributed by atoms with van der Waals surface area (Å²) in [5, 5.41) is 21.9. The molecule has 5 aromatic carbocycles. The molecule has 9 rings (SSSR count). The second-order valence-corrected chi connectivity index (χ2v) is 16.1. The summed E-state index contributed by atoms with van der Waals surface area (Å²) in [7, 11) is -9.99. The van der Waals surface area contributed by atoms with E-state index in [9.17, 15) is 45.7 Å². The first kappa shape index (κ1) is 37.9. The summed E-state index contributed by atoms with van der Waals surface area (Å²) >= 11 is 0. The number of aromatic nitrogens is 1. The predicted molar refractivity (Wildman–Crippen MR) is 217 cm³/mol. The Balaban J connectivity index is 1.36. The topological polar surface area (TPSA) is 239 Å². The molecular formula is C42H25N2O14S2+. The second-order valence-electron chi connectivity index (χ2n) is 13.4.